The van der Waals surface area contributed by atoms with E-state index in [1.165, 1.54) is 0 Å². The van der Waals surface area contributed by atoms with Crippen molar-refractivity contribution in [1.29, 1.82) is 0 Å². The molecule has 21 heavy (non-hydrogen) atoms. The maximum Gasteiger partial charge on any atom is 0.231 e. The van der Waals surface area contributed by atoms with Gasteiger partial charge in [0.2, 0.25) is 6.79 Å². The van der Waals surface area contributed by atoms with Crippen molar-refractivity contribution in [3.63, 3.8) is 0 Å². The van der Waals surface area contributed by atoms with Gasteiger partial charge in [-0.05, 0) is 19.2 Å². The largest absolute Gasteiger partial charge is 0.493 e. The molecule has 1 aliphatic rings. The first-order valence-corrected chi connectivity index (χ1v) is 6.94. The molecule has 2 heterocycles. The van der Waals surface area contributed by atoms with Crippen LogP contribution in [0, 0.1) is 0 Å². The van der Waals surface area contributed by atoms with Gasteiger partial charge in [-0.1, -0.05) is 0 Å². The third-order valence-electron chi connectivity index (χ3n) is 3.46. The molecular formula is C15H19N3O3. The van der Waals surface area contributed by atoms with Gasteiger partial charge in [0, 0.05) is 43.5 Å². The Labute approximate surface area is 123 Å². The minimum atomic E-state index is 0.271. The van der Waals surface area contributed by atoms with Crippen molar-refractivity contribution in [2.24, 2.45) is 7.05 Å². The molecule has 0 spiro atoms. The molecule has 0 radical (unpaired) electrons. The lowest BCUT2D eigenvalue weighted by atomic mass is 10.1. The zero-order valence-corrected chi connectivity index (χ0v) is 12.3. The SMILES string of the molecule is CNCc1cc2c(cc1OCCc1ccnn1C)OCO2. The number of benzene rings is 1. The molecule has 1 N–H and O–H groups in total. The standard InChI is InChI=1S/C15H19N3O3/c1-16-9-11-7-14-15(21-10-20-14)8-13(11)19-6-4-12-3-5-17-18(12)2/h3,5,7-8,16H,4,6,9-10H2,1-2H3. The third-order valence-corrected chi connectivity index (χ3v) is 3.46. The van der Waals surface area contributed by atoms with E-state index in [-0.39, 0.29) is 6.79 Å². The molecule has 0 saturated heterocycles. The van der Waals surface area contributed by atoms with Crippen molar-refractivity contribution in [2.75, 3.05) is 20.4 Å². The first kappa shape index (κ1) is 13.8. The first-order chi connectivity index (χ1) is 10.3. The summed E-state index contributed by atoms with van der Waals surface area (Å²) >= 11 is 0. The number of nitrogens with one attached hydrogen (secondary N) is 1. The Kier molecular flexibility index (Phi) is 3.96. The van der Waals surface area contributed by atoms with E-state index in [9.17, 15) is 0 Å². The Morgan fingerprint density at radius 3 is 2.86 bits per heavy atom. The molecule has 3 rings (SSSR count). The van der Waals surface area contributed by atoms with E-state index in [0.29, 0.717) is 6.61 Å². The lowest BCUT2D eigenvalue weighted by Gasteiger charge is -2.12. The lowest BCUT2D eigenvalue weighted by molar-refractivity contribution is 0.173. The van der Waals surface area contributed by atoms with E-state index in [1.54, 1.807) is 6.20 Å². The molecule has 0 bridgehead atoms. The second-order valence-electron chi connectivity index (χ2n) is 4.89. The number of ether oxygens (including phenoxy) is 3. The zero-order chi connectivity index (χ0) is 14.7. The lowest BCUT2D eigenvalue weighted by Crippen LogP contribution is -2.10. The Balaban J connectivity index is 1.70. The van der Waals surface area contributed by atoms with Crippen molar-refractivity contribution in [3.05, 3.63) is 35.7 Å². The normalized spacial score (nSPS) is 12.7. The maximum atomic E-state index is 5.93. The number of fused-ring (bicyclic) bond motifs is 1. The molecule has 0 amide bonds. The Morgan fingerprint density at radius 2 is 2.14 bits per heavy atom. The summed E-state index contributed by atoms with van der Waals surface area (Å²) in [4.78, 5) is 0. The number of rotatable bonds is 6. The van der Waals surface area contributed by atoms with Gasteiger partial charge in [-0.3, -0.25) is 4.68 Å². The maximum absolute atomic E-state index is 5.93. The van der Waals surface area contributed by atoms with E-state index >= 15 is 0 Å². The third kappa shape index (κ3) is 2.95. The molecule has 6 heteroatoms. The Bertz CT molecular complexity index is 625. The van der Waals surface area contributed by atoms with Crippen LogP contribution < -0.4 is 19.5 Å². The van der Waals surface area contributed by atoms with Crippen LogP contribution in [0.4, 0.5) is 0 Å². The first-order valence-electron chi connectivity index (χ1n) is 6.94. The van der Waals surface area contributed by atoms with Gasteiger partial charge in [-0.15, -0.1) is 0 Å². The molecule has 0 saturated carbocycles. The highest BCUT2D eigenvalue weighted by Gasteiger charge is 2.17. The summed E-state index contributed by atoms with van der Waals surface area (Å²) in [5, 5.41) is 7.29. The van der Waals surface area contributed by atoms with Gasteiger partial charge >= 0.3 is 0 Å². The predicted octanol–water partition coefficient (Wildman–Crippen LogP) is 1.49. The molecule has 1 aromatic carbocycles. The fraction of sp³-hybridized carbons (Fsp3) is 0.400. The number of nitrogens with zero attached hydrogens (tertiary/aromatic N) is 2. The molecule has 6 nitrogen and oxygen atoms in total. The van der Waals surface area contributed by atoms with Crippen molar-refractivity contribution >= 4 is 0 Å². The highest BCUT2D eigenvalue weighted by molar-refractivity contribution is 5.51. The number of hydrogen-bond donors (Lipinski definition) is 1. The van der Waals surface area contributed by atoms with E-state index in [2.05, 4.69) is 10.4 Å². The van der Waals surface area contributed by atoms with Gasteiger partial charge in [-0.25, -0.2) is 0 Å². The van der Waals surface area contributed by atoms with E-state index in [4.69, 9.17) is 14.2 Å². The van der Waals surface area contributed by atoms with E-state index < -0.39 is 0 Å². The van der Waals surface area contributed by atoms with Crippen LogP contribution in [-0.2, 0) is 20.0 Å². The van der Waals surface area contributed by atoms with Crippen LogP contribution in [0.25, 0.3) is 0 Å². The van der Waals surface area contributed by atoms with E-state index in [1.807, 2.05) is 37.0 Å². The summed E-state index contributed by atoms with van der Waals surface area (Å²) in [5.41, 5.74) is 2.21. The van der Waals surface area contributed by atoms with Crippen LogP contribution in [0.5, 0.6) is 17.2 Å². The smallest absolute Gasteiger partial charge is 0.231 e. The van der Waals surface area contributed by atoms with Gasteiger partial charge in [0.25, 0.3) is 0 Å². The van der Waals surface area contributed by atoms with Crippen LogP contribution in [0.1, 0.15) is 11.3 Å². The van der Waals surface area contributed by atoms with Crippen molar-refractivity contribution in [3.8, 4) is 17.2 Å². The van der Waals surface area contributed by atoms with Crippen molar-refractivity contribution in [1.82, 2.24) is 15.1 Å². The molecule has 1 aromatic heterocycles. The zero-order valence-electron chi connectivity index (χ0n) is 12.3. The fourth-order valence-electron chi connectivity index (χ4n) is 2.34. The molecule has 0 unspecified atom stereocenters. The van der Waals surface area contributed by atoms with Crippen LogP contribution in [0.3, 0.4) is 0 Å². The molecule has 2 aromatic rings. The van der Waals surface area contributed by atoms with Gasteiger partial charge in [0.05, 0.1) is 6.61 Å². The molecule has 0 aliphatic carbocycles. The minimum absolute atomic E-state index is 0.271. The van der Waals surface area contributed by atoms with Gasteiger partial charge in [0.15, 0.2) is 11.5 Å². The predicted molar refractivity (Wildman–Crippen MR) is 77.7 cm³/mol. The minimum Gasteiger partial charge on any atom is -0.493 e. The monoisotopic (exact) mass is 289 g/mol. The number of hydrogen-bond acceptors (Lipinski definition) is 5. The number of aryl methyl sites for hydroxylation is 1. The number of aromatic nitrogens is 2. The summed E-state index contributed by atoms with van der Waals surface area (Å²) < 4.78 is 18.6. The second kappa shape index (κ2) is 6.05. The summed E-state index contributed by atoms with van der Waals surface area (Å²) in [5.74, 6) is 2.35. The Hall–Kier alpha value is -2.21. The fourth-order valence-corrected chi connectivity index (χ4v) is 2.34. The average molecular weight is 289 g/mol. The second-order valence-corrected chi connectivity index (χ2v) is 4.89. The molecule has 0 atom stereocenters. The molecular weight excluding hydrogens is 270 g/mol. The Morgan fingerprint density at radius 1 is 1.33 bits per heavy atom. The highest BCUT2D eigenvalue weighted by atomic mass is 16.7. The van der Waals surface area contributed by atoms with Gasteiger partial charge < -0.3 is 19.5 Å². The van der Waals surface area contributed by atoms with Crippen LogP contribution in [-0.4, -0.2) is 30.2 Å². The molecule has 112 valence electrons. The average Bonchev–Trinajstić information content (AvgIpc) is 3.08. The topological polar surface area (TPSA) is 57.5 Å². The summed E-state index contributed by atoms with van der Waals surface area (Å²) in [7, 11) is 3.84. The quantitative estimate of drug-likeness (QED) is 0.873. The highest BCUT2D eigenvalue weighted by Crippen LogP contribution is 2.38. The van der Waals surface area contributed by atoms with Crippen LogP contribution >= 0.6 is 0 Å². The van der Waals surface area contributed by atoms with Gasteiger partial charge in [0.1, 0.15) is 5.75 Å². The molecule has 0 fully saturated rings. The summed E-state index contributed by atoms with van der Waals surface area (Å²) in [6.07, 6.45) is 2.60. The summed E-state index contributed by atoms with van der Waals surface area (Å²) in [6.45, 7) is 1.58. The van der Waals surface area contributed by atoms with Crippen LogP contribution in [0.15, 0.2) is 24.4 Å². The van der Waals surface area contributed by atoms with E-state index in [0.717, 1.165) is 41.5 Å². The summed E-state index contributed by atoms with van der Waals surface area (Å²) in [6, 6.07) is 5.87. The van der Waals surface area contributed by atoms with Gasteiger partial charge in [-0.2, -0.15) is 5.10 Å². The van der Waals surface area contributed by atoms with Crippen molar-refractivity contribution < 1.29 is 14.2 Å². The van der Waals surface area contributed by atoms with Crippen molar-refractivity contribution in [2.45, 2.75) is 13.0 Å². The van der Waals surface area contributed by atoms with Crippen LogP contribution in [0.2, 0.25) is 0 Å². The molecule has 1 aliphatic heterocycles.